The van der Waals surface area contributed by atoms with E-state index in [1.54, 1.807) is 0 Å². The summed E-state index contributed by atoms with van der Waals surface area (Å²) in [5, 5.41) is 0.706. The lowest BCUT2D eigenvalue weighted by molar-refractivity contribution is 0.288. The molecule has 3 nitrogen and oxygen atoms in total. The van der Waals surface area contributed by atoms with Gasteiger partial charge in [-0.1, -0.05) is 36.9 Å². The summed E-state index contributed by atoms with van der Waals surface area (Å²) in [4.78, 5) is 8.13. The Morgan fingerprint density at radius 1 is 1.28 bits per heavy atom. The highest BCUT2D eigenvalue weighted by Gasteiger charge is 2.35. The molecule has 0 amide bonds. The van der Waals surface area contributed by atoms with Crippen molar-refractivity contribution in [2.45, 2.75) is 37.5 Å². The van der Waals surface area contributed by atoms with Crippen molar-refractivity contribution in [2.24, 2.45) is 5.73 Å². The SMILES string of the molecule is NCC1(c2nc3c(Cl)cccc3[nH]2)CCCCC1. The fraction of sp³-hybridized carbons (Fsp3) is 0.500. The zero-order valence-electron chi connectivity index (χ0n) is 10.4. The number of benzene rings is 1. The molecule has 0 spiro atoms. The number of rotatable bonds is 2. The van der Waals surface area contributed by atoms with Crippen LogP contribution in [-0.2, 0) is 5.41 Å². The van der Waals surface area contributed by atoms with Crippen LogP contribution >= 0.6 is 11.6 Å². The smallest absolute Gasteiger partial charge is 0.114 e. The Balaban J connectivity index is 2.09. The summed E-state index contributed by atoms with van der Waals surface area (Å²) in [5.74, 6) is 1.02. The van der Waals surface area contributed by atoms with Crippen LogP contribution in [0.1, 0.15) is 37.9 Å². The second-order valence-electron chi connectivity index (χ2n) is 5.27. The number of hydrogen-bond acceptors (Lipinski definition) is 2. The van der Waals surface area contributed by atoms with Gasteiger partial charge in [0.25, 0.3) is 0 Å². The van der Waals surface area contributed by atoms with Crippen molar-refractivity contribution in [1.29, 1.82) is 0 Å². The van der Waals surface area contributed by atoms with Crippen LogP contribution in [0.15, 0.2) is 18.2 Å². The molecule has 1 aliphatic carbocycles. The number of halogens is 1. The Morgan fingerprint density at radius 2 is 2.06 bits per heavy atom. The molecule has 0 radical (unpaired) electrons. The third kappa shape index (κ3) is 1.82. The molecule has 0 bridgehead atoms. The Hall–Kier alpha value is -1.06. The van der Waals surface area contributed by atoms with Crippen molar-refractivity contribution >= 4 is 22.6 Å². The van der Waals surface area contributed by atoms with E-state index in [1.165, 1.54) is 19.3 Å². The summed E-state index contributed by atoms with van der Waals surface area (Å²) in [5.41, 5.74) is 7.94. The summed E-state index contributed by atoms with van der Waals surface area (Å²) in [6, 6.07) is 5.85. The molecule has 1 saturated carbocycles. The zero-order valence-corrected chi connectivity index (χ0v) is 11.1. The highest BCUT2D eigenvalue weighted by molar-refractivity contribution is 6.34. The largest absolute Gasteiger partial charge is 0.341 e. The minimum Gasteiger partial charge on any atom is -0.341 e. The Bertz CT molecular complexity index is 555. The Morgan fingerprint density at radius 3 is 2.72 bits per heavy atom. The second kappa shape index (κ2) is 4.56. The van der Waals surface area contributed by atoms with Crippen molar-refractivity contribution in [3.8, 4) is 0 Å². The first-order valence-corrected chi connectivity index (χ1v) is 6.98. The molecule has 3 N–H and O–H groups in total. The summed E-state index contributed by atoms with van der Waals surface area (Å²) in [7, 11) is 0. The Kier molecular flexibility index (Phi) is 3.04. The molecular formula is C14H18ClN3. The number of hydrogen-bond donors (Lipinski definition) is 2. The number of aromatic nitrogens is 2. The number of aromatic amines is 1. The molecule has 1 aliphatic rings. The number of nitrogens with two attached hydrogens (primary N) is 1. The molecule has 1 fully saturated rings. The average molecular weight is 264 g/mol. The van der Waals surface area contributed by atoms with Gasteiger partial charge in [0.1, 0.15) is 11.3 Å². The molecule has 1 aromatic heterocycles. The normalized spacial score (nSPS) is 19.2. The Labute approximate surface area is 112 Å². The second-order valence-corrected chi connectivity index (χ2v) is 5.67. The van der Waals surface area contributed by atoms with E-state index >= 15 is 0 Å². The van der Waals surface area contributed by atoms with Crippen molar-refractivity contribution in [2.75, 3.05) is 6.54 Å². The topological polar surface area (TPSA) is 54.7 Å². The van der Waals surface area contributed by atoms with Crippen molar-refractivity contribution in [3.05, 3.63) is 29.0 Å². The van der Waals surface area contributed by atoms with E-state index in [2.05, 4.69) is 4.98 Å². The van der Waals surface area contributed by atoms with Gasteiger partial charge in [-0.25, -0.2) is 4.98 Å². The van der Waals surface area contributed by atoms with Gasteiger partial charge in [-0.2, -0.15) is 0 Å². The monoisotopic (exact) mass is 263 g/mol. The van der Waals surface area contributed by atoms with Crippen LogP contribution < -0.4 is 5.73 Å². The van der Waals surface area contributed by atoms with Gasteiger partial charge in [-0.3, -0.25) is 0 Å². The number of nitrogens with one attached hydrogen (secondary N) is 1. The van der Waals surface area contributed by atoms with Gasteiger partial charge < -0.3 is 10.7 Å². The summed E-state index contributed by atoms with van der Waals surface area (Å²) >= 11 is 6.18. The van der Waals surface area contributed by atoms with Gasteiger partial charge in [-0.15, -0.1) is 0 Å². The van der Waals surface area contributed by atoms with Gasteiger partial charge >= 0.3 is 0 Å². The van der Waals surface area contributed by atoms with Crippen LogP contribution in [-0.4, -0.2) is 16.5 Å². The third-order valence-corrected chi connectivity index (χ3v) is 4.47. The fourth-order valence-corrected chi connectivity index (χ4v) is 3.23. The van der Waals surface area contributed by atoms with Gasteiger partial charge in [0.15, 0.2) is 0 Å². The number of H-pyrrole nitrogens is 1. The third-order valence-electron chi connectivity index (χ3n) is 4.17. The minimum absolute atomic E-state index is 0.0284. The molecule has 0 unspecified atom stereocenters. The number of para-hydroxylation sites is 1. The molecule has 96 valence electrons. The highest BCUT2D eigenvalue weighted by Crippen LogP contribution is 2.38. The molecule has 18 heavy (non-hydrogen) atoms. The standard InChI is InChI=1S/C14H18ClN3/c15-10-5-4-6-11-12(10)18-13(17-11)14(9-16)7-2-1-3-8-14/h4-6H,1-3,7-9,16H2,(H,17,18). The predicted octanol–water partition coefficient (Wildman–Crippen LogP) is 3.38. The van der Waals surface area contributed by atoms with Gasteiger partial charge in [0, 0.05) is 12.0 Å². The predicted molar refractivity (Wildman–Crippen MR) is 74.9 cm³/mol. The first kappa shape index (κ1) is 12.0. The maximum atomic E-state index is 6.18. The van der Waals surface area contributed by atoms with Gasteiger partial charge in [0.05, 0.1) is 10.5 Å². The zero-order chi connectivity index (χ0) is 12.6. The lowest BCUT2D eigenvalue weighted by Gasteiger charge is -2.34. The van der Waals surface area contributed by atoms with Crippen molar-refractivity contribution in [1.82, 2.24) is 9.97 Å². The van der Waals surface area contributed by atoms with E-state index in [0.717, 1.165) is 29.7 Å². The lowest BCUT2D eigenvalue weighted by atomic mass is 9.73. The molecule has 1 heterocycles. The molecule has 4 heteroatoms. The average Bonchev–Trinajstić information content (AvgIpc) is 2.85. The maximum Gasteiger partial charge on any atom is 0.114 e. The van der Waals surface area contributed by atoms with Crippen LogP contribution in [0.5, 0.6) is 0 Å². The number of fused-ring (bicyclic) bond motifs is 1. The highest BCUT2D eigenvalue weighted by atomic mass is 35.5. The van der Waals surface area contributed by atoms with E-state index < -0.39 is 0 Å². The fourth-order valence-electron chi connectivity index (χ4n) is 3.01. The molecule has 3 rings (SSSR count). The van der Waals surface area contributed by atoms with Crippen molar-refractivity contribution < 1.29 is 0 Å². The molecule has 0 aliphatic heterocycles. The first-order chi connectivity index (χ1) is 8.75. The summed E-state index contributed by atoms with van der Waals surface area (Å²) < 4.78 is 0. The van der Waals surface area contributed by atoms with Crippen LogP contribution in [0.3, 0.4) is 0 Å². The molecule has 0 atom stereocenters. The van der Waals surface area contributed by atoms with Crippen LogP contribution in [0.25, 0.3) is 11.0 Å². The molecule has 0 saturated heterocycles. The number of imidazole rings is 1. The van der Waals surface area contributed by atoms with Crippen LogP contribution in [0.2, 0.25) is 5.02 Å². The quantitative estimate of drug-likeness (QED) is 0.873. The van der Waals surface area contributed by atoms with Gasteiger partial charge in [0.2, 0.25) is 0 Å². The van der Waals surface area contributed by atoms with Crippen LogP contribution in [0.4, 0.5) is 0 Å². The number of nitrogens with zero attached hydrogens (tertiary/aromatic N) is 1. The summed E-state index contributed by atoms with van der Waals surface area (Å²) in [6.07, 6.45) is 6.04. The molecule has 1 aromatic carbocycles. The van der Waals surface area contributed by atoms with E-state index in [-0.39, 0.29) is 5.41 Å². The molecular weight excluding hydrogens is 246 g/mol. The summed E-state index contributed by atoms with van der Waals surface area (Å²) in [6.45, 7) is 0.657. The van der Waals surface area contributed by atoms with E-state index in [9.17, 15) is 0 Å². The minimum atomic E-state index is 0.0284. The molecule has 2 aromatic rings. The maximum absolute atomic E-state index is 6.18. The van der Waals surface area contributed by atoms with Crippen LogP contribution in [0, 0.1) is 0 Å². The van der Waals surface area contributed by atoms with E-state index in [4.69, 9.17) is 22.3 Å². The van der Waals surface area contributed by atoms with Crippen molar-refractivity contribution in [3.63, 3.8) is 0 Å². The van der Waals surface area contributed by atoms with E-state index in [0.29, 0.717) is 11.6 Å². The first-order valence-electron chi connectivity index (χ1n) is 6.60. The lowest BCUT2D eigenvalue weighted by Crippen LogP contribution is -2.38. The van der Waals surface area contributed by atoms with Gasteiger partial charge in [-0.05, 0) is 25.0 Å². The van der Waals surface area contributed by atoms with E-state index in [1.807, 2.05) is 18.2 Å².